The molecule has 144 valence electrons. The second kappa shape index (κ2) is 11.2. The van der Waals surface area contributed by atoms with Gasteiger partial charge in [-0.2, -0.15) is 0 Å². The maximum Gasteiger partial charge on any atom is 0.189 e. The van der Waals surface area contributed by atoms with Gasteiger partial charge in [-0.15, -0.1) is 0 Å². The second-order valence-corrected chi connectivity index (χ2v) is 7.65. The van der Waals surface area contributed by atoms with E-state index in [0.29, 0.717) is 0 Å². The molecule has 1 heterocycles. The molecule has 1 N–H and O–H groups in total. The first-order chi connectivity index (χ1) is 12.6. The number of aromatic nitrogens is 1. The van der Waals surface area contributed by atoms with E-state index in [2.05, 4.69) is 11.6 Å². The molecule has 0 aliphatic heterocycles. The summed E-state index contributed by atoms with van der Waals surface area (Å²) in [5, 5.41) is 10.0. The fourth-order valence-electron chi connectivity index (χ4n) is 3.68. The van der Waals surface area contributed by atoms with Crippen LogP contribution in [0.1, 0.15) is 76.8 Å². The van der Waals surface area contributed by atoms with Crippen molar-refractivity contribution in [2.75, 3.05) is 0 Å². The van der Waals surface area contributed by atoms with Gasteiger partial charge in [0.25, 0.3) is 0 Å². The Labute approximate surface area is 158 Å². The minimum atomic E-state index is -0.142. The molecule has 2 rings (SSSR count). The number of hydrogen-bond donors (Lipinski definition) is 1. The average molecular weight is 358 g/mol. The average Bonchev–Trinajstić information content (AvgIpc) is 2.63. The number of aliphatic hydroxyl groups excluding tert-OH is 1. The maximum atomic E-state index is 12.2. The SMILES string of the molecule is CC(O)CCCCCCCCCCCc1cc(=O)c2ccccc2n1C. The van der Waals surface area contributed by atoms with Gasteiger partial charge in [0.15, 0.2) is 5.43 Å². The number of unbranched alkanes of at least 4 members (excludes halogenated alkanes) is 8. The lowest BCUT2D eigenvalue weighted by Crippen LogP contribution is -2.11. The Morgan fingerprint density at radius 1 is 0.923 bits per heavy atom. The summed E-state index contributed by atoms with van der Waals surface area (Å²) in [6, 6.07) is 9.68. The van der Waals surface area contributed by atoms with E-state index in [9.17, 15) is 9.90 Å². The van der Waals surface area contributed by atoms with Gasteiger partial charge in [0, 0.05) is 24.2 Å². The normalized spacial score (nSPS) is 12.6. The van der Waals surface area contributed by atoms with Gasteiger partial charge in [0.1, 0.15) is 0 Å². The summed E-state index contributed by atoms with van der Waals surface area (Å²) in [6.45, 7) is 1.87. The molecular weight excluding hydrogens is 322 g/mol. The van der Waals surface area contributed by atoms with Crippen molar-refractivity contribution in [1.82, 2.24) is 4.57 Å². The van der Waals surface area contributed by atoms with Crippen molar-refractivity contribution in [2.24, 2.45) is 7.05 Å². The molecule has 26 heavy (non-hydrogen) atoms. The zero-order valence-electron chi connectivity index (χ0n) is 16.5. The van der Waals surface area contributed by atoms with Gasteiger partial charge in [0.2, 0.25) is 0 Å². The third-order valence-corrected chi connectivity index (χ3v) is 5.31. The Hall–Kier alpha value is -1.61. The third kappa shape index (κ3) is 6.60. The van der Waals surface area contributed by atoms with Crippen molar-refractivity contribution in [2.45, 2.75) is 83.7 Å². The lowest BCUT2D eigenvalue weighted by atomic mass is 10.0. The van der Waals surface area contributed by atoms with Crippen LogP contribution in [-0.4, -0.2) is 15.8 Å². The van der Waals surface area contributed by atoms with Crippen LogP contribution in [0.2, 0.25) is 0 Å². The van der Waals surface area contributed by atoms with Crippen LogP contribution < -0.4 is 5.43 Å². The topological polar surface area (TPSA) is 42.2 Å². The third-order valence-electron chi connectivity index (χ3n) is 5.31. The predicted molar refractivity (Wildman–Crippen MR) is 111 cm³/mol. The standard InChI is InChI=1S/C23H35NO2/c1-19(25)14-10-8-6-4-3-5-7-9-11-15-20-18-23(26)21-16-12-13-17-22(21)24(20)2/h12-13,16-19,25H,3-11,14-15H2,1-2H3. The van der Waals surface area contributed by atoms with E-state index in [-0.39, 0.29) is 11.5 Å². The van der Waals surface area contributed by atoms with Gasteiger partial charge in [-0.25, -0.2) is 0 Å². The number of aryl methyl sites for hydroxylation is 2. The first kappa shape index (κ1) is 20.7. The fourth-order valence-corrected chi connectivity index (χ4v) is 3.68. The molecule has 2 aromatic rings. The minimum absolute atomic E-state index is 0.142. The smallest absolute Gasteiger partial charge is 0.189 e. The van der Waals surface area contributed by atoms with E-state index in [1.807, 2.05) is 37.3 Å². The van der Waals surface area contributed by atoms with Crippen molar-refractivity contribution in [3.63, 3.8) is 0 Å². The highest BCUT2D eigenvalue weighted by Crippen LogP contribution is 2.15. The number of nitrogens with zero attached hydrogens (tertiary/aromatic N) is 1. The van der Waals surface area contributed by atoms with Gasteiger partial charge >= 0.3 is 0 Å². The van der Waals surface area contributed by atoms with Crippen LogP contribution in [0.3, 0.4) is 0 Å². The van der Waals surface area contributed by atoms with Gasteiger partial charge < -0.3 is 9.67 Å². The molecule has 0 saturated heterocycles. The molecule has 0 radical (unpaired) electrons. The maximum absolute atomic E-state index is 12.2. The van der Waals surface area contributed by atoms with Crippen LogP contribution in [0.25, 0.3) is 10.9 Å². The van der Waals surface area contributed by atoms with Crippen molar-refractivity contribution >= 4 is 10.9 Å². The molecule has 0 fully saturated rings. The van der Waals surface area contributed by atoms with Crippen LogP contribution in [0, 0.1) is 0 Å². The molecule has 1 aromatic heterocycles. The summed E-state index contributed by atoms with van der Waals surface area (Å²) in [5.74, 6) is 0. The van der Waals surface area contributed by atoms with E-state index in [1.54, 1.807) is 0 Å². The Bertz CT molecular complexity index is 718. The highest BCUT2D eigenvalue weighted by molar-refractivity contribution is 5.79. The molecule has 0 aliphatic rings. The summed E-state index contributed by atoms with van der Waals surface area (Å²) >= 11 is 0. The number of aliphatic hydroxyl groups is 1. The molecule has 1 unspecified atom stereocenters. The van der Waals surface area contributed by atoms with Crippen LogP contribution in [0.5, 0.6) is 0 Å². The molecule has 1 aromatic carbocycles. The van der Waals surface area contributed by atoms with E-state index in [1.165, 1.54) is 44.9 Å². The molecule has 3 heteroatoms. The minimum Gasteiger partial charge on any atom is -0.393 e. The van der Waals surface area contributed by atoms with E-state index >= 15 is 0 Å². The number of rotatable bonds is 12. The number of fused-ring (bicyclic) bond motifs is 1. The lowest BCUT2D eigenvalue weighted by molar-refractivity contribution is 0.180. The van der Waals surface area contributed by atoms with Crippen molar-refractivity contribution in [1.29, 1.82) is 0 Å². The molecular formula is C23H35NO2. The van der Waals surface area contributed by atoms with Crippen LogP contribution in [0.4, 0.5) is 0 Å². The second-order valence-electron chi connectivity index (χ2n) is 7.65. The summed E-state index contributed by atoms with van der Waals surface area (Å²) in [6.07, 6.45) is 13.1. The van der Waals surface area contributed by atoms with Crippen molar-refractivity contribution < 1.29 is 5.11 Å². The molecule has 0 aliphatic carbocycles. The van der Waals surface area contributed by atoms with Crippen molar-refractivity contribution in [3.05, 3.63) is 46.2 Å². The van der Waals surface area contributed by atoms with E-state index in [0.717, 1.165) is 42.3 Å². The van der Waals surface area contributed by atoms with E-state index in [4.69, 9.17) is 0 Å². The first-order valence-corrected chi connectivity index (χ1v) is 10.4. The molecule has 0 bridgehead atoms. The molecule has 0 amide bonds. The molecule has 0 saturated carbocycles. The highest BCUT2D eigenvalue weighted by atomic mass is 16.3. The summed E-state index contributed by atoms with van der Waals surface area (Å²) in [4.78, 5) is 12.2. The first-order valence-electron chi connectivity index (χ1n) is 10.4. The lowest BCUT2D eigenvalue weighted by Gasteiger charge is -2.12. The number of pyridine rings is 1. The van der Waals surface area contributed by atoms with Crippen LogP contribution in [-0.2, 0) is 13.5 Å². The van der Waals surface area contributed by atoms with Gasteiger partial charge in [-0.1, -0.05) is 63.5 Å². The molecule has 3 nitrogen and oxygen atoms in total. The quantitative estimate of drug-likeness (QED) is 0.519. The van der Waals surface area contributed by atoms with Crippen LogP contribution in [0.15, 0.2) is 35.1 Å². The number of para-hydroxylation sites is 1. The zero-order chi connectivity index (χ0) is 18.8. The van der Waals surface area contributed by atoms with Gasteiger partial charge in [-0.05, 0) is 38.3 Å². The zero-order valence-corrected chi connectivity index (χ0v) is 16.5. The highest BCUT2D eigenvalue weighted by Gasteiger charge is 2.05. The largest absolute Gasteiger partial charge is 0.393 e. The van der Waals surface area contributed by atoms with Crippen LogP contribution >= 0.6 is 0 Å². The Morgan fingerprint density at radius 2 is 1.50 bits per heavy atom. The Balaban J connectivity index is 1.61. The van der Waals surface area contributed by atoms with E-state index < -0.39 is 0 Å². The molecule has 1 atom stereocenters. The Kier molecular flexibility index (Phi) is 8.90. The summed E-state index contributed by atoms with van der Waals surface area (Å²) in [5.41, 5.74) is 2.32. The number of hydrogen-bond acceptors (Lipinski definition) is 2. The number of benzene rings is 1. The predicted octanol–water partition coefficient (Wildman–Crippen LogP) is 5.36. The van der Waals surface area contributed by atoms with Crippen molar-refractivity contribution in [3.8, 4) is 0 Å². The molecule has 0 spiro atoms. The summed E-state index contributed by atoms with van der Waals surface area (Å²) in [7, 11) is 2.06. The summed E-state index contributed by atoms with van der Waals surface area (Å²) < 4.78 is 2.17. The Morgan fingerprint density at radius 3 is 2.15 bits per heavy atom. The monoisotopic (exact) mass is 357 g/mol. The van der Waals surface area contributed by atoms with Gasteiger partial charge in [-0.3, -0.25) is 4.79 Å². The van der Waals surface area contributed by atoms with Gasteiger partial charge in [0.05, 0.1) is 11.6 Å². The fraction of sp³-hybridized carbons (Fsp3) is 0.609.